The molecule has 5 heteroatoms. The van der Waals surface area contributed by atoms with Gasteiger partial charge in [0.2, 0.25) is 0 Å². The van der Waals surface area contributed by atoms with E-state index < -0.39 is 12.1 Å². The summed E-state index contributed by atoms with van der Waals surface area (Å²) < 4.78 is 9.86. The second-order valence-corrected chi connectivity index (χ2v) is 4.60. The van der Waals surface area contributed by atoms with Gasteiger partial charge in [-0.15, -0.1) is 0 Å². The molecule has 2 aromatic rings. The molecule has 1 heterocycles. The number of amides is 1. The number of furan rings is 1. The van der Waals surface area contributed by atoms with Gasteiger partial charge in [-0.2, -0.15) is 0 Å². The van der Waals surface area contributed by atoms with Crippen LogP contribution in [0.5, 0.6) is 0 Å². The van der Waals surface area contributed by atoms with Crippen LogP contribution in [0.2, 0.25) is 0 Å². The highest BCUT2D eigenvalue weighted by molar-refractivity contribution is 5.97. The lowest BCUT2D eigenvalue weighted by atomic mass is 10.1. The predicted molar refractivity (Wildman–Crippen MR) is 78.0 cm³/mol. The van der Waals surface area contributed by atoms with Gasteiger partial charge in [0, 0.05) is 5.69 Å². The molecular weight excluding hydrogens is 270 g/mol. The third-order valence-electron chi connectivity index (χ3n) is 3.04. The molecule has 0 radical (unpaired) electrons. The van der Waals surface area contributed by atoms with Gasteiger partial charge < -0.3 is 14.5 Å². The fourth-order valence-electron chi connectivity index (χ4n) is 1.73. The molecule has 1 N–H and O–H groups in total. The van der Waals surface area contributed by atoms with Crippen molar-refractivity contribution >= 4 is 17.6 Å². The van der Waals surface area contributed by atoms with Gasteiger partial charge in [0.15, 0.2) is 6.10 Å². The first-order valence-corrected chi connectivity index (χ1v) is 6.73. The van der Waals surface area contributed by atoms with Gasteiger partial charge in [-0.3, -0.25) is 4.79 Å². The van der Waals surface area contributed by atoms with Gasteiger partial charge in [0.1, 0.15) is 6.26 Å². The number of nitrogens with one attached hydrogen (secondary N) is 1. The van der Waals surface area contributed by atoms with E-state index in [0.717, 1.165) is 6.42 Å². The SMILES string of the molecule is CCc1ccc(NC(=O)C(C)OC(=O)c2ccoc2)cc1. The maximum absolute atomic E-state index is 12.0. The Morgan fingerprint density at radius 1 is 1.24 bits per heavy atom. The summed E-state index contributed by atoms with van der Waals surface area (Å²) in [6.45, 7) is 3.58. The van der Waals surface area contributed by atoms with Crippen LogP contribution in [0.25, 0.3) is 0 Å². The van der Waals surface area contributed by atoms with Crippen LogP contribution in [-0.2, 0) is 16.0 Å². The van der Waals surface area contributed by atoms with Gasteiger partial charge in [-0.1, -0.05) is 19.1 Å². The van der Waals surface area contributed by atoms with E-state index in [9.17, 15) is 9.59 Å². The molecule has 1 amide bonds. The Morgan fingerprint density at radius 3 is 2.52 bits per heavy atom. The van der Waals surface area contributed by atoms with E-state index in [-0.39, 0.29) is 11.5 Å². The summed E-state index contributed by atoms with van der Waals surface area (Å²) >= 11 is 0. The summed E-state index contributed by atoms with van der Waals surface area (Å²) in [7, 11) is 0. The zero-order valence-corrected chi connectivity index (χ0v) is 12.0. The zero-order valence-electron chi connectivity index (χ0n) is 12.0. The van der Waals surface area contributed by atoms with E-state index in [2.05, 4.69) is 12.2 Å². The molecule has 1 aromatic heterocycles. The van der Waals surface area contributed by atoms with Crippen molar-refractivity contribution in [2.45, 2.75) is 26.4 Å². The summed E-state index contributed by atoms with van der Waals surface area (Å²) in [6.07, 6.45) is 2.69. The van der Waals surface area contributed by atoms with Crippen LogP contribution < -0.4 is 5.32 Å². The highest BCUT2D eigenvalue weighted by atomic mass is 16.5. The first-order valence-electron chi connectivity index (χ1n) is 6.73. The van der Waals surface area contributed by atoms with E-state index in [4.69, 9.17) is 9.15 Å². The smallest absolute Gasteiger partial charge is 0.342 e. The summed E-state index contributed by atoms with van der Waals surface area (Å²) in [4.78, 5) is 23.7. The van der Waals surface area contributed by atoms with E-state index >= 15 is 0 Å². The minimum Gasteiger partial charge on any atom is -0.472 e. The van der Waals surface area contributed by atoms with E-state index in [1.54, 1.807) is 0 Å². The van der Waals surface area contributed by atoms with Gasteiger partial charge in [-0.25, -0.2) is 4.79 Å². The molecule has 0 spiro atoms. The van der Waals surface area contributed by atoms with Crippen LogP contribution in [0.1, 0.15) is 29.8 Å². The van der Waals surface area contributed by atoms with Gasteiger partial charge >= 0.3 is 5.97 Å². The van der Waals surface area contributed by atoms with Gasteiger partial charge in [0.05, 0.1) is 11.8 Å². The van der Waals surface area contributed by atoms with Crippen LogP contribution in [0, 0.1) is 0 Å². The Kier molecular flexibility index (Phi) is 4.77. The topological polar surface area (TPSA) is 68.5 Å². The fraction of sp³-hybridized carbons (Fsp3) is 0.250. The number of anilines is 1. The third kappa shape index (κ3) is 3.95. The number of carbonyl (C=O) groups is 2. The number of esters is 1. The highest BCUT2D eigenvalue weighted by Crippen LogP contribution is 2.11. The molecule has 110 valence electrons. The maximum Gasteiger partial charge on any atom is 0.342 e. The second-order valence-electron chi connectivity index (χ2n) is 4.60. The average Bonchev–Trinajstić information content (AvgIpc) is 3.02. The summed E-state index contributed by atoms with van der Waals surface area (Å²) in [5, 5.41) is 2.70. The number of carbonyl (C=O) groups excluding carboxylic acids is 2. The molecule has 0 bridgehead atoms. The van der Waals surface area contributed by atoms with Crippen molar-refractivity contribution in [2.75, 3.05) is 5.32 Å². The lowest BCUT2D eigenvalue weighted by Gasteiger charge is -2.13. The molecule has 0 saturated heterocycles. The number of ether oxygens (including phenoxy) is 1. The van der Waals surface area contributed by atoms with Crippen molar-refractivity contribution in [2.24, 2.45) is 0 Å². The molecule has 2 rings (SSSR count). The molecule has 0 aliphatic rings. The molecule has 0 saturated carbocycles. The number of aryl methyl sites for hydroxylation is 1. The zero-order chi connectivity index (χ0) is 15.2. The molecule has 0 aliphatic carbocycles. The average molecular weight is 287 g/mol. The van der Waals surface area contributed by atoms with E-state index in [0.29, 0.717) is 5.69 Å². The summed E-state index contributed by atoms with van der Waals surface area (Å²) in [5.41, 5.74) is 2.14. The fourth-order valence-corrected chi connectivity index (χ4v) is 1.73. The first-order chi connectivity index (χ1) is 10.1. The van der Waals surface area contributed by atoms with Crippen molar-refractivity contribution in [3.05, 3.63) is 54.0 Å². The van der Waals surface area contributed by atoms with E-state index in [1.165, 1.54) is 31.1 Å². The van der Waals surface area contributed by atoms with Gasteiger partial charge in [-0.05, 0) is 37.1 Å². The number of hydrogen-bond acceptors (Lipinski definition) is 4. The number of benzene rings is 1. The summed E-state index contributed by atoms with van der Waals surface area (Å²) in [6, 6.07) is 9.01. The normalized spacial score (nSPS) is 11.7. The number of rotatable bonds is 5. The minimum atomic E-state index is -0.891. The molecule has 5 nitrogen and oxygen atoms in total. The Balaban J connectivity index is 1.91. The highest BCUT2D eigenvalue weighted by Gasteiger charge is 2.19. The lowest BCUT2D eigenvalue weighted by Crippen LogP contribution is -2.29. The standard InChI is InChI=1S/C16H17NO4/c1-3-12-4-6-14(7-5-12)17-15(18)11(2)21-16(19)13-8-9-20-10-13/h4-11H,3H2,1-2H3,(H,17,18). The maximum atomic E-state index is 12.0. The molecule has 1 atom stereocenters. The first kappa shape index (κ1) is 14.8. The van der Waals surface area contributed by atoms with Crippen LogP contribution in [0.4, 0.5) is 5.69 Å². The molecule has 1 aromatic carbocycles. The van der Waals surface area contributed by atoms with Crippen molar-refractivity contribution in [1.82, 2.24) is 0 Å². The van der Waals surface area contributed by atoms with Crippen molar-refractivity contribution < 1.29 is 18.7 Å². The number of hydrogen-bond donors (Lipinski definition) is 1. The molecule has 21 heavy (non-hydrogen) atoms. The van der Waals surface area contributed by atoms with Crippen LogP contribution >= 0.6 is 0 Å². The van der Waals surface area contributed by atoms with Crippen molar-refractivity contribution in [3.63, 3.8) is 0 Å². The third-order valence-corrected chi connectivity index (χ3v) is 3.04. The minimum absolute atomic E-state index is 0.280. The molecule has 0 aliphatic heterocycles. The van der Waals surface area contributed by atoms with Crippen LogP contribution in [0.3, 0.4) is 0 Å². The predicted octanol–water partition coefficient (Wildman–Crippen LogP) is 3.03. The largest absolute Gasteiger partial charge is 0.472 e. The van der Waals surface area contributed by atoms with Gasteiger partial charge in [0.25, 0.3) is 5.91 Å². The monoisotopic (exact) mass is 287 g/mol. The lowest BCUT2D eigenvalue weighted by molar-refractivity contribution is -0.123. The van der Waals surface area contributed by atoms with Crippen LogP contribution in [0.15, 0.2) is 47.3 Å². The quantitative estimate of drug-likeness (QED) is 0.858. The Labute approximate surface area is 122 Å². The van der Waals surface area contributed by atoms with Crippen LogP contribution in [-0.4, -0.2) is 18.0 Å². The Morgan fingerprint density at radius 2 is 1.95 bits per heavy atom. The second kappa shape index (κ2) is 6.74. The van der Waals surface area contributed by atoms with E-state index in [1.807, 2.05) is 24.3 Å². The Hall–Kier alpha value is -2.56. The molecular formula is C16H17NO4. The van der Waals surface area contributed by atoms with Crippen molar-refractivity contribution in [1.29, 1.82) is 0 Å². The Bertz CT molecular complexity index is 602. The van der Waals surface area contributed by atoms with Crippen molar-refractivity contribution in [3.8, 4) is 0 Å². The molecule has 0 fully saturated rings. The molecule has 1 unspecified atom stereocenters. The summed E-state index contributed by atoms with van der Waals surface area (Å²) in [5.74, 6) is -0.969.